The summed E-state index contributed by atoms with van der Waals surface area (Å²) >= 11 is 0. The van der Waals surface area contributed by atoms with Crippen LogP contribution in [-0.2, 0) is 14.8 Å². The largest absolute Gasteiger partial charge is 0.398 e. The van der Waals surface area contributed by atoms with Gasteiger partial charge in [-0.25, -0.2) is 13.6 Å². The summed E-state index contributed by atoms with van der Waals surface area (Å²) in [5, 5.41) is 5.03. The van der Waals surface area contributed by atoms with Crippen LogP contribution in [0.3, 0.4) is 0 Å². The van der Waals surface area contributed by atoms with Crippen molar-refractivity contribution in [3.8, 4) is 0 Å². The fraction of sp³-hybridized carbons (Fsp3) is 0.364. The Balaban J connectivity index is 3.21. The second kappa shape index (κ2) is 5.45. The van der Waals surface area contributed by atoms with Crippen LogP contribution in [0, 0.1) is 0 Å². The number of benzene rings is 1. The summed E-state index contributed by atoms with van der Waals surface area (Å²) in [7, 11) is -3.85. The van der Waals surface area contributed by atoms with Gasteiger partial charge in [-0.1, -0.05) is 0 Å². The second-order valence-corrected chi connectivity index (χ2v) is 5.98. The lowest BCUT2D eigenvalue weighted by molar-refractivity contribution is -0.116. The molecule has 8 heteroatoms. The molecular weight excluding hydrogens is 268 g/mol. The summed E-state index contributed by atoms with van der Waals surface area (Å²) in [6.45, 7) is 3.78. The van der Waals surface area contributed by atoms with Gasteiger partial charge in [0.05, 0.1) is 12.2 Å². The maximum Gasteiger partial charge on any atom is 0.240 e. The Kier molecular flexibility index (Phi) is 4.38. The molecule has 0 aliphatic heterocycles. The molecule has 0 saturated carbocycles. The molecule has 0 unspecified atom stereocenters. The second-order valence-electron chi connectivity index (χ2n) is 4.46. The molecule has 0 saturated heterocycles. The molecule has 6 N–H and O–H groups in total. The molecule has 1 aromatic rings. The number of rotatable bonds is 5. The van der Waals surface area contributed by atoms with E-state index in [-0.39, 0.29) is 23.2 Å². The van der Waals surface area contributed by atoms with Gasteiger partial charge in [-0.15, -0.1) is 0 Å². The van der Waals surface area contributed by atoms with Gasteiger partial charge in [-0.3, -0.25) is 4.79 Å². The zero-order valence-electron chi connectivity index (χ0n) is 10.8. The van der Waals surface area contributed by atoms with E-state index in [0.717, 1.165) is 0 Å². The number of hydrogen-bond acceptors (Lipinski definition) is 5. The predicted octanol–water partition coefficient (Wildman–Crippen LogP) is -0.384. The molecule has 7 nitrogen and oxygen atoms in total. The van der Waals surface area contributed by atoms with Crippen molar-refractivity contribution in [2.75, 3.05) is 17.2 Å². The zero-order valence-corrected chi connectivity index (χ0v) is 11.6. The molecule has 0 aliphatic rings. The van der Waals surface area contributed by atoms with Crippen LogP contribution in [0.15, 0.2) is 23.1 Å². The molecule has 0 bridgehead atoms. The van der Waals surface area contributed by atoms with Gasteiger partial charge in [0.15, 0.2) is 0 Å². The normalized spacial score (nSPS) is 11.6. The zero-order chi connectivity index (χ0) is 14.8. The number of nitrogens with two attached hydrogens (primary N) is 3. The number of carbonyl (C=O) groups excluding carboxylic acids is 1. The highest BCUT2D eigenvalue weighted by atomic mass is 32.2. The van der Waals surface area contributed by atoms with E-state index in [4.69, 9.17) is 16.6 Å². The maximum absolute atomic E-state index is 11.3. The van der Waals surface area contributed by atoms with Crippen molar-refractivity contribution in [3.63, 3.8) is 0 Å². The lowest BCUT2D eigenvalue weighted by Crippen LogP contribution is -2.38. The van der Waals surface area contributed by atoms with Gasteiger partial charge >= 0.3 is 0 Å². The lowest BCUT2D eigenvalue weighted by Gasteiger charge is -2.28. The van der Waals surface area contributed by atoms with Crippen LogP contribution >= 0.6 is 0 Å². The third-order valence-electron chi connectivity index (χ3n) is 2.58. The van der Waals surface area contributed by atoms with Crippen LogP contribution in [-0.4, -0.2) is 26.9 Å². The Morgan fingerprint density at radius 1 is 1.37 bits per heavy atom. The highest BCUT2D eigenvalue weighted by Crippen LogP contribution is 2.25. The molecule has 0 atom stereocenters. The number of primary sulfonamides is 1. The number of amides is 1. The number of anilines is 2. The van der Waals surface area contributed by atoms with E-state index in [2.05, 4.69) is 0 Å². The molecule has 1 amide bonds. The van der Waals surface area contributed by atoms with E-state index < -0.39 is 15.9 Å². The number of hydrogen-bond donors (Lipinski definition) is 3. The van der Waals surface area contributed by atoms with Gasteiger partial charge in [0.1, 0.15) is 4.90 Å². The Morgan fingerprint density at radius 3 is 2.32 bits per heavy atom. The van der Waals surface area contributed by atoms with E-state index in [0.29, 0.717) is 5.69 Å². The first-order valence-corrected chi connectivity index (χ1v) is 7.15. The number of nitrogen functional groups attached to an aromatic ring is 1. The van der Waals surface area contributed by atoms with E-state index in [1.807, 2.05) is 13.8 Å². The van der Waals surface area contributed by atoms with Crippen molar-refractivity contribution in [2.24, 2.45) is 10.9 Å². The molecule has 1 rings (SSSR count). The minimum Gasteiger partial charge on any atom is -0.398 e. The molecule has 0 fully saturated rings. The Hall–Kier alpha value is -1.80. The highest BCUT2D eigenvalue weighted by Gasteiger charge is 2.17. The number of carbonyl (C=O) groups is 1. The van der Waals surface area contributed by atoms with Crippen molar-refractivity contribution in [2.45, 2.75) is 24.8 Å². The van der Waals surface area contributed by atoms with E-state index >= 15 is 0 Å². The smallest absolute Gasteiger partial charge is 0.240 e. The SMILES string of the molecule is CC(C)N(CC(N)=O)c1ccc(S(N)(=O)=O)c(N)c1. The molecule has 0 aromatic heterocycles. The van der Waals surface area contributed by atoms with Gasteiger partial charge in [-0.2, -0.15) is 0 Å². The van der Waals surface area contributed by atoms with Gasteiger partial charge in [0.25, 0.3) is 0 Å². The third-order valence-corrected chi connectivity index (χ3v) is 3.57. The first kappa shape index (κ1) is 15.3. The third kappa shape index (κ3) is 3.83. The molecule has 0 heterocycles. The molecule has 19 heavy (non-hydrogen) atoms. The Bertz CT molecular complexity index is 584. The average Bonchev–Trinajstić information content (AvgIpc) is 2.23. The van der Waals surface area contributed by atoms with Crippen LogP contribution in [0.25, 0.3) is 0 Å². The molecule has 0 radical (unpaired) electrons. The van der Waals surface area contributed by atoms with E-state index in [1.54, 1.807) is 11.0 Å². The van der Waals surface area contributed by atoms with E-state index in [1.165, 1.54) is 12.1 Å². The van der Waals surface area contributed by atoms with Crippen LogP contribution in [0.2, 0.25) is 0 Å². The fourth-order valence-corrected chi connectivity index (χ4v) is 2.36. The first-order chi connectivity index (χ1) is 8.62. The minimum atomic E-state index is -3.85. The van der Waals surface area contributed by atoms with Crippen molar-refractivity contribution < 1.29 is 13.2 Å². The summed E-state index contributed by atoms with van der Waals surface area (Å²) in [4.78, 5) is 12.6. The number of sulfonamides is 1. The number of primary amides is 1. The van der Waals surface area contributed by atoms with Crippen LogP contribution in [0.1, 0.15) is 13.8 Å². The molecule has 1 aromatic carbocycles. The van der Waals surface area contributed by atoms with Gasteiger partial charge in [-0.05, 0) is 32.0 Å². The average molecular weight is 286 g/mol. The van der Waals surface area contributed by atoms with Crippen LogP contribution < -0.4 is 21.5 Å². The monoisotopic (exact) mass is 286 g/mol. The van der Waals surface area contributed by atoms with Crippen molar-refractivity contribution in [1.29, 1.82) is 0 Å². The summed E-state index contributed by atoms with van der Waals surface area (Å²) in [5.41, 5.74) is 11.5. The molecule has 0 spiro atoms. The van der Waals surface area contributed by atoms with Crippen molar-refractivity contribution in [1.82, 2.24) is 0 Å². The summed E-state index contributed by atoms with van der Waals surface area (Å²) in [6, 6.07) is 4.32. The summed E-state index contributed by atoms with van der Waals surface area (Å²) in [6.07, 6.45) is 0. The molecule has 0 aliphatic carbocycles. The van der Waals surface area contributed by atoms with Gasteiger partial charge < -0.3 is 16.4 Å². The van der Waals surface area contributed by atoms with Crippen molar-refractivity contribution >= 4 is 27.3 Å². The molecular formula is C11H18N4O3S. The fourth-order valence-electron chi connectivity index (χ4n) is 1.71. The molecule has 106 valence electrons. The minimum absolute atomic E-state index is 0.00670. The van der Waals surface area contributed by atoms with Crippen LogP contribution in [0.4, 0.5) is 11.4 Å². The van der Waals surface area contributed by atoms with Crippen LogP contribution in [0.5, 0.6) is 0 Å². The lowest BCUT2D eigenvalue weighted by atomic mass is 10.2. The quantitative estimate of drug-likeness (QED) is 0.634. The summed E-state index contributed by atoms with van der Waals surface area (Å²) < 4.78 is 22.5. The van der Waals surface area contributed by atoms with E-state index in [9.17, 15) is 13.2 Å². The number of nitrogens with zero attached hydrogens (tertiary/aromatic N) is 1. The Labute approximate surface area is 112 Å². The first-order valence-electron chi connectivity index (χ1n) is 5.60. The predicted molar refractivity (Wildman–Crippen MR) is 73.9 cm³/mol. The summed E-state index contributed by atoms with van der Waals surface area (Å²) in [5.74, 6) is -0.484. The maximum atomic E-state index is 11.3. The van der Waals surface area contributed by atoms with Gasteiger partial charge in [0.2, 0.25) is 15.9 Å². The van der Waals surface area contributed by atoms with Crippen molar-refractivity contribution in [3.05, 3.63) is 18.2 Å². The highest BCUT2D eigenvalue weighted by molar-refractivity contribution is 7.89. The Morgan fingerprint density at radius 2 is 1.95 bits per heavy atom. The topological polar surface area (TPSA) is 133 Å². The van der Waals surface area contributed by atoms with Gasteiger partial charge in [0, 0.05) is 11.7 Å². The standard InChI is InChI=1S/C11H18N4O3S/c1-7(2)15(6-11(13)16)8-3-4-10(9(12)5-8)19(14,17)18/h3-5,7H,6,12H2,1-2H3,(H2,13,16)(H2,14,17,18).